The second-order valence-corrected chi connectivity index (χ2v) is 8.10. The van der Waals surface area contributed by atoms with Crippen molar-refractivity contribution in [1.29, 1.82) is 0 Å². The van der Waals surface area contributed by atoms with Gasteiger partial charge in [0.25, 0.3) is 0 Å². The quantitative estimate of drug-likeness (QED) is 0.859. The highest BCUT2D eigenvalue weighted by Gasteiger charge is 2.64. The molecular formula is C18H25N3. The molecule has 4 rings (SSSR count). The van der Waals surface area contributed by atoms with E-state index in [0.717, 1.165) is 23.7 Å². The molecule has 112 valence electrons. The molecule has 1 aromatic carbocycles. The predicted octanol–water partition coefficient (Wildman–Crippen LogP) is 4.18. The molecule has 0 saturated heterocycles. The fraction of sp³-hybridized carbons (Fsp3) is 0.611. The largest absolute Gasteiger partial charge is 0.399 e. The van der Waals surface area contributed by atoms with Crippen molar-refractivity contribution in [2.45, 2.75) is 53.0 Å². The molecule has 0 radical (unpaired) electrons. The standard InChI is InChI=1S/C18H25N3/c1-17(2)15(18(17,3)4)10-21-14-8-7-12(19)9-13(14)20-16(21)11-5-6-11/h7-9,11,15H,5-6,10,19H2,1-4H3. The van der Waals surface area contributed by atoms with Crippen LogP contribution in [0.5, 0.6) is 0 Å². The Morgan fingerprint density at radius 1 is 1.19 bits per heavy atom. The lowest BCUT2D eigenvalue weighted by molar-refractivity contribution is 0.457. The van der Waals surface area contributed by atoms with Crippen molar-refractivity contribution in [2.24, 2.45) is 16.7 Å². The summed E-state index contributed by atoms with van der Waals surface area (Å²) in [5, 5.41) is 0. The molecule has 1 aromatic heterocycles. The van der Waals surface area contributed by atoms with E-state index in [1.807, 2.05) is 12.1 Å². The number of hydrogen-bond acceptors (Lipinski definition) is 2. The molecule has 1 heterocycles. The third kappa shape index (κ3) is 1.76. The van der Waals surface area contributed by atoms with Crippen molar-refractivity contribution in [3.8, 4) is 0 Å². The van der Waals surface area contributed by atoms with Crippen LogP contribution in [0.1, 0.15) is 52.3 Å². The zero-order chi connectivity index (χ0) is 15.0. The van der Waals surface area contributed by atoms with Gasteiger partial charge in [-0.15, -0.1) is 0 Å². The van der Waals surface area contributed by atoms with Crippen LogP contribution in [0, 0.1) is 16.7 Å². The summed E-state index contributed by atoms with van der Waals surface area (Å²) >= 11 is 0. The molecule has 2 aliphatic carbocycles. The first kappa shape index (κ1) is 13.2. The number of fused-ring (bicyclic) bond motifs is 1. The zero-order valence-electron chi connectivity index (χ0n) is 13.5. The van der Waals surface area contributed by atoms with E-state index >= 15 is 0 Å². The maximum absolute atomic E-state index is 5.93. The van der Waals surface area contributed by atoms with E-state index in [1.165, 1.54) is 24.2 Å². The van der Waals surface area contributed by atoms with Crippen LogP contribution in [0.2, 0.25) is 0 Å². The summed E-state index contributed by atoms with van der Waals surface area (Å²) in [6.07, 6.45) is 2.58. The van der Waals surface area contributed by atoms with E-state index in [2.05, 4.69) is 38.3 Å². The minimum atomic E-state index is 0.415. The number of nitrogens with zero attached hydrogens (tertiary/aromatic N) is 2. The number of rotatable bonds is 3. The Morgan fingerprint density at radius 2 is 1.86 bits per heavy atom. The van der Waals surface area contributed by atoms with Crippen molar-refractivity contribution in [2.75, 3.05) is 5.73 Å². The average Bonchev–Trinajstić information content (AvgIpc) is 3.25. The van der Waals surface area contributed by atoms with Gasteiger partial charge in [0.1, 0.15) is 5.82 Å². The Morgan fingerprint density at radius 3 is 2.43 bits per heavy atom. The molecule has 0 unspecified atom stereocenters. The van der Waals surface area contributed by atoms with Crippen molar-refractivity contribution in [3.05, 3.63) is 24.0 Å². The van der Waals surface area contributed by atoms with Gasteiger partial charge >= 0.3 is 0 Å². The molecule has 2 saturated carbocycles. The molecule has 0 atom stereocenters. The van der Waals surface area contributed by atoms with Gasteiger partial charge < -0.3 is 10.3 Å². The predicted molar refractivity (Wildman–Crippen MR) is 87.2 cm³/mol. The van der Waals surface area contributed by atoms with Gasteiger partial charge in [-0.05, 0) is 47.8 Å². The molecular weight excluding hydrogens is 258 g/mol. The number of imidazole rings is 1. The lowest BCUT2D eigenvalue weighted by Crippen LogP contribution is -2.08. The summed E-state index contributed by atoms with van der Waals surface area (Å²) in [4.78, 5) is 4.89. The number of hydrogen-bond donors (Lipinski definition) is 1. The molecule has 0 amide bonds. The summed E-state index contributed by atoms with van der Waals surface area (Å²) in [6, 6.07) is 6.16. The Bertz CT molecular complexity index is 705. The van der Waals surface area contributed by atoms with Crippen LogP contribution in [0.4, 0.5) is 5.69 Å². The fourth-order valence-corrected chi connectivity index (χ4v) is 3.98. The van der Waals surface area contributed by atoms with E-state index in [-0.39, 0.29) is 0 Å². The van der Waals surface area contributed by atoms with Gasteiger partial charge in [0.2, 0.25) is 0 Å². The number of benzene rings is 1. The van der Waals surface area contributed by atoms with Gasteiger partial charge in [0.05, 0.1) is 11.0 Å². The van der Waals surface area contributed by atoms with Crippen LogP contribution in [-0.4, -0.2) is 9.55 Å². The van der Waals surface area contributed by atoms with E-state index in [4.69, 9.17) is 10.7 Å². The number of anilines is 1. The SMILES string of the molecule is CC1(C)C(Cn2c(C3CC3)nc3cc(N)ccc32)C1(C)C. The monoisotopic (exact) mass is 283 g/mol. The molecule has 3 heteroatoms. The van der Waals surface area contributed by atoms with E-state index in [9.17, 15) is 0 Å². The maximum Gasteiger partial charge on any atom is 0.113 e. The molecule has 2 aliphatic rings. The van der Waals surface area contributed by atoms with Crippen LogP contribution < -0.4 is 5.73 Å². The molecule has 2 fully saturated rings. The van der Waals surface area contributed by atoms with Crippen LogP contribution in [0.3, 0.4) is 0 Å². The lowest BCUT2D eigenvalue weighted by atomic mass is 10.0. The van der Waals surface area contributed by atoms with E-state index in [0.29, 0.717) is 16.7 Å². The first-order valence-electron chi connectivity index (χ1n) is 8.08. The van der Waals surface area contributed by atoms with Gasteiger partial charge in [-0.25, -0.2) is 4.98 Å². The highest BCUT2D eigenvalue weighted by molar-refractivity contribution is 5.80. The van der Waals surface area contributed by atoms with Gasteiger partial charge in [-0.3, -0.25) is 0 Å². The minimum absolute atomic E-state index is 0.415. The molecule has 0 spiro atoms. The number of nitrogens with two attached hydrogens (primary N) is 1. The van der Waals surface area contributed by atoms with E-state index in [1.54, 1.807) is 0 Å². The summed E-state index contributed by atoms with van der Waals surface area (Å²) in [7, 11) is 0. The Kier molecular flexibility index (Phi) is 2.40. The highest BCUT2D eigenvalue weighted by Crippen LogP contribution is 2.69. The zero-order valence-corrected chi connectivity index (χ0v) is 13.5. The first-order chi connectivity index (χ1) is 9.82. The van der Waals surface area contributed by atoms with Gasteiger partial charge in [0, 0.05) is 18.2 Å². The van der Waals surface area contributed by atoms with Crippen molar-refractivity contribution >= 4 is 16.7 Å². The molecule has 2 aromatic rings. The number of nitrogen functional groups attached to an aromatic ring is 1. The molecule has 21 heavy (non-hydrogen) atoms. The van der Waals surface area contributed by atoms with E-state index < -0.39 is 0 Å². The second-order valence-electron chi connectivity index (χ2n) is 8.10. The second kappa shape index (κ2) is 3.82. The summed E-state index contributed by atoms with van der Waals surface area (Å²) in [5.41, 5.74) is 9.88. The van der Waals surface area contributed by atoms with Crippen LogP contribution in [0.15, 0.2) is 18.2 Å². The minimum Gasteiger partial charge on any atom is -0.399 e. The van der Waals surface area contributed by atoms with Gasteiger partial charge in [0.15, 0.2) is 0 Å². The third-order valence-electron chi connectivity index (χ3n) is 6.43. The molecule has 0 aliphatic heterocycles. The van der Waals surface area contributed by atoms with Crippen molar-refractivity contribution < 1.29 is 0 Å². The summed E-state index contributed by atoms with van der Waals surface area (Å²) < 4.78 is 2.48. The molecule has 2 N–H and O–H groups in total. The number of aromatic nitrogens is 2. The third-order valence-corrected chi connectivity index (χ3v) is 6.43. The topological polar surface area (TPSA) is 43.8 Å². The average molecular weight is 283 g/mol. The smallest absolute Gasteiger partial charge is 0.113 e. The van der Waals surface area contributed by atoms with Crippen molar-refractivity contribution in [3.63, 3.8) is 0 Å². The Balaban J connectivity index is 1.79. The maximum atomic E-state index is 5.93. The Hall–Kier alpha value is -1.51. The highest BCUT2D eigenvalue weighted by atomic mass is 15.1. The molecule has 0 bridgehead atoms. The Labute approximate surface area is 126 Å². The molecule has 3 nitrogen and oxygen atoms in total. The van der Waals surface area contributed by atoms with Crippen LogP contribution >= 0.6 is 0 Å². The first-order valence-corrected chi connectivity index (χ1v) is 8.08. The van der Waals surface area contributed by atoms with Gasteiger partial charge in [-0.2, -0.15) is 0 Å². The summed E-state index contributed by atoms with van der Waals surface area (Å²) in [5.74, 6) is 2.68. The van der Waals surface area contributed by atoms with Crippen LogP contribution in [-0.2, 0) is 6.54 Å². The van der Waals surface area contributed by atoms with Crippen molar-refractivity contribution in [1.82, 2.24) is 9.55 Å². The normalized spacial score (nSPS) is 23.6. The lowest BCUT2D eigenvalue weighted by Gasteiger charge is -2.10. The fourth-order valence-electron chi connectivity index (χ4n) is 3.98. The summed E-state index contributed by atoms with van der Waals surface area (Å²) in [6.45, 7) is 10.7. The van der Waals surface area contributed by atoms with Gasteiger partial charge in [-0.1, -0.05) is 27.7 Å². The van der Waals surface area contributed by atoms with Crippen LogP contribution in [0.25, 0.3) is 11.0 Å².